The summed E-state index contributed by atoms with van der Waals surface area (Å²) < 4.78 is 29.5. The molecule has 0 fully saturated rings. The number of nitro groups is 1. The summed E-state index contributed by atoms with van der Waals surface area (Å²) in [6, 6.07) is 12.4. The topological polar surface area (TPSA) is 86.5 Å². The SMILES string of the molecule is Cc1ccc(S(=O)(=O)OC(C)Cc2ccc([N+](=O)[O-])cc2)cc1. The Bertz CT molecular complexity index is 782. The first kappa shape index (κ1) is 17.1. The molecule has 0 aliphatic heterocycles. The minimum atomic E-state index is -3.83. The summed E-state index contributed by atoms with van der Waals surface area (Å²) in [7, 11) is -3.83. The highest BCUT2D eigenvalue weighted by molar-refractivity contribution is 7.86. The minimum absolute atomic E-state index is 0.00500. The lowest BCUT2D eigenvalue weighted by Crippen LogP contribution is -2.18. The van der Waals surface area contributed by atoms with E-state index in [1.54, 1.807) is 31.2 Å². The smallest absolute Gasteiger partial charge is 0.263 e. The van der Waals surface area contributed by atoms with Gasteiger partial charge in [-0.2, -0.15) is 8.42 Å². The second-order valence-corrected chi connectivity index (χ2v) is 6.87. The Kier molecular flexibility index (Phi) is 5.12. The summed E-state index contributed by atoms with van der Waals surface area (Å²) in [5.41, 5.74) is 1.72. The fraction of sp³-hybridized carbons (Fsp3) is 0.250. The van der Waals surface area contributed by atoms with Crippen LogP contribution in [0, 0.1) is 17.0 Å². The molecule has 0 bridgehead atoms. The zero-order chi connectivity index (χ0) is 17.0. The predicted molar refractivity (Wildman–Crippen MR) is 85.7 cm³/mol. The normalized spacial score (nSPS) is 12.8. The molecule has 0 saturated heterocycles. The van der Waals surface area contributed by atoms with Crippen molar-refractivity contribution >= 4 is 15.8 Å². The molecule has 0 N–H and O–H groups in total. The maximum Gasteiger partial charge on any atom is 0.297 e. The zero-order valence-electron chi connectivity index (χ0n) is 12.8. The molecule has 1 atom stereocenters. The van der Waals surface area contributed by atoms with Crippen LogP contribution in [0.15, 0.2) is 53.4 Å². The highest BCUT2D eigenvalue weighted by Gasteiger charge is 2.19. The van der Waals surface area contributed by atoms with Gasteiger partial charge in [-0.05, 0) is 38.0 Å². The zero-order valence-corrected chi connectivity index (χ0v) is 13.6. The summed E-state index contributed by atoms with van der Waals surface area (Å²) in [5, 5.41) is 10.6. The maximum absolute atomic E-state index is 12.2. The van der Waals surface area contributed by atoms with E-state index in [0.29, 0.717) is 6.42 Å². The lowest BCUT2D eigenvalue weighted by molar-refractivity contribution is -0.384. The third-order valence-electron chi connectivity index (χ3n) is 3.27. The van der Waals surface area contributed by atoms with Crippen molar-refractivity contribution in [1.29, 1.82) is 0 Å². The molecule has 2 aromatic carbocycles. The molecule has 2 aromatic rings. The third-order valence-corrected chi connectivity index (χ3v) is 4.70. The van der Waals surface area contributed by atoms with E-state index in [1.165, 1.54) is 24.3 Å². The van der Waals surface area contributed by atoms with Gasteiger partial charge in [0.05, 0.1) is 15.9 Å². The number of hydrogen-bond donors (Lipinski definition) is 0. The van der Waals surface area contributed by atoms with Crippen LogP contribution in [0.5, 0.6) is 0 Å². The first-order valence-electron chi connectivity index (χ1n) is 7.01. The van der Waals surface area contributed by atoms with Crippen LogP contribution in [0.25, 0.3) is 0 Å². The minimum Gasteiger partial charge on any atom is -0.263 e. The Morgan fingerprint density at radius 3 is 2.17 bits per heavy atom. The van der Waals surface area contributed by atoms with Crippen LogP contribution in [0.3, 0.4) is 0 Å². The first-order valence-corrected chi connectivity index (χ1v) is 8.42. The number of non-ortho nitro benzene ring substituents is 1. The summed E-state index contributed by atoms with van der Waals surface area (Å²) in [4.78, 5) is 10.2. The molecular formula is C16H17NO5S. The van der Waals surface area contributed by atoms with Crippen LogP contribution < -0.4 is 0 Å². The fourth-order valence-electron chi connectivity index (χ4n) is 2.10. The van der Waals surface area contributed by atoms with Crippen LogP contribution in [0.4, 0.5) is 5.69 Å². The van der Waals surface area contributed by atoms with Crippen molar-refractivity contribution in [2.75, 3.05) is 0 Å². The van der Waals surface area contributed by atoms with Gasteiger partial charge in [-0.3, -0.25) is 14.3 Å². The van der Waals surface area contributed by atoms with E-state index < -0.39 is 21.1 Å². The average Bonchev–Trinajstić information content (AvgIpc) is 2.47. The van der Waals surface area contributed by atoms with Crippen molar-refractivity contribution < 1.29 is 17.5 Å². The number of hydrogen-bond acceptors (Lipinski definition) is 5. The van der Waals surface area contributed by atoms with E-state index in [2.05, 4.69) is 0 Å². The molecule has 2 rings (SSSR count). The van der Waals surface area contributed by atoms with E-state index in [-0.39, 0.29) is 10.6 Å². The first-order chi connectivity index (χ1) is 10.8. The molecule has 0 spiro atoms. The maximum atomic E-state index is 12.2. The molecular weight excluding hydrogens is 318 g/mol. The number of aryl methyl sites for hydroxylation is 1. The van der Waals surface area contributed by atoms with Crippen molar-refractivity contribution in [3.63, 3.8) is 0 Å². The van der Waals surface area contributed by atoms with Gasteiger partial charge < -0.3 is 0 Å². The molecule has 7 heteroatoms. The highest BCUT2D eigenvalue weighted by Crippen LogP contribution is 2.18. The summed E-state index contributed by atoms with van der Waals surface area (Å²) >= 11 is 0. The summed E-state index contributed by atoms with van der Waals surface area (Å²) in [6.45, 7) is 3.52. The summed E-state index contributed by atoms with van der Waals surface area (Å²) in [5.74, 6) is 0. The van der Waals surface area contributed by atoms with Crippen LogP contribution in [0.2, 0.25) is 0 Å². The van der Waals surface area contributed by atoms with Gasteiger partial charge in [0.25, 0.3) is 15.8 Å². The number of benzene rings is 2. The Morgan fingerprint density at radius 2 is 1.65 bits per heavy atom. The molecule has 0 heterocycles. The second kappa shape index (κ2) is 6.89. The lowest BCUT2D eigenvalue weighted by atomic mass is 10.1. The molecule has 0 aromatic heterocycles. The van der Waals surface area contributed by atoms with Crippen LogP contribution in [-0.4, -0.2) is 19.4 Å². The molecule has 1 unspecified atom stereocenters. The van der Waals surface area contributed by atoms with Gasteiger partial charge in [-0.25, -0.2) is 0 Å². The average molecular weight is 335 g/mol. The Balaban J connectivity index is 2.04. The van der Waals surface area contributed by atoms with Gasteiger partial charge in [0.15, 0.2) is 0 Å². The quantitative estimate of drug-likeness (QED) is 0.459. The molecule has 0 aliphatic carbocycles. The second-order valence-electron chi connectivity index (χ2n) is 5.30. The number of nitrogens with zero attached hydrogens (tertiary/aromatic N) is 1. The van der Waals surface area contributed by atoms with E-state index in [1.807, 2.05) is 6.92 Å². The van der Waals surface area contributed by atoms with Crippen molar-refractivity contribution in [3.05, 3.63) is 69.8 Å². The highest BCUT2D eigenvalue weighted by atomic mass is 32.2. The molecule has 122 valence electrons. The molecule has 0 saturated carbocycles. The van der Waals surface area contributed by atoms with E-state index in [4.69, 9.17) is 4.18 Å². The van der Waals surface area contributed by atoms with Gasteiger partial charge in [-0.1, -0.05) is 29.8 Å². The number of nitro benzene ring substituents is 1. The molecule has 0 amide bonds. The fourth-order valence-corrected chi connectivity index (χ4v) is 3.18. The third kappa shape index (κ3) is 4.61. The van der Waals surface area contributed by atoms with Crippen LogP contribution >= 0.6 is 0 Å². The van der Waals surface area contributed by atoms with Crippen LogP contribution in [0.1, 0.15) is 18.1 Å². The molecule has 0 aliphatic rings. The van der Waals surface area contributed by atoms with Gasteiger partial charge in [-0.15, -0.1) is 0 Å². The van der Waals surface area contributed by atoms with Gasteiger partial charge in [0, 0.05) is 12.1 Å². The monoisotopic (exact) mass is 335 g/mol. The Labute approximate surface area is 135 Å². The van der Waals surface area contributed by atoms with Crippen molar-refractivity contribution in [1.82, 2.24) is 0 Å². The largest absolute Gasteiger partial charge is 0.297 e. The van der Waals surface area contributed by atoms with E-state index in [9.17, 15) is 18.5 Å². The van der Waals surface area contributed by atoms with Crippen molar-refractivity contribution in [2.45, 2.75) is 31.3 Å². The van der Waals surface area contributed by atoms with Gasteiger partial charge in [0.1, 0.15) is 0 Å². The summed E-state index contributed by atoms with van der Waals surface area (Å²) in [6.07, 6.45) is -0.244. The van der Waals surface area contributed by atoms with E-state index in [0.717, 1.165) is 11.1 Å². The Morgan fingerprint density at radius 1 is 1.09 bits per heavy atom. The van der Waals surface area contributed by atoms with Crippen molar-refractivity contribution in [2.24, 2.45) is 0 Å². The number of rotatable bonds is 6. The molecule has 0 radical (unpaired) electrons. The Hall–Kier alpha value is -2.25. The van der Waals surface area contributed by atoms with Gasteiger partial charge >= 0.3 is 0 Å². The van der Waals surface area contributed by atoms with Crippen molar-refractivity contribution in [3.8, 4) is 0 Å². The molecule has 23 heavy (non-hydrogen) atoms. The predicted octanol–water partition coefficient (Wildman–Crippen LogP) is 3.24. The van der Waals surface area contributed by atoms with Crippen LogP contribution in [-0.2, 0) is 20.7 Å². The molecule has 6 nitrogen and oxygen atoms in total. The van der Waals surface area contributed by atoms with E-state index >= 15 is 0 Å². The standard InChI is InChI=1S/C16H17NO5S/c1-12-3-9-16(10-4-12)23(20,21)22-13(2)11-14-5-7-15(8-6-14)17(18)19/h3-10,13H,11H2,1-2H3. The lowest BCUT2D eigenvalue weighted by Gasteiger charge is -2.13. The van der Waals surface area contributed by atoms with Gasteiger partial charge in [0.2, 0.25) is 0 Å².